The number of amides is 1. The molecule has 1 amide bonds. The lowest BCUT2D eigenvalue weighted by atomic mass is 10.1. The van der Waals surface area contributed by atoms with E-state index in [2.05, 4.69) is 36.4 Å². The van der Waals surface area contributed by atoms with E-state index < -0.39 is 0 Å². The molecular formula is C23H33Cl2N3O3. The Morgan fingerprint density at radius 1 is 1.06 bits per heavy atom. The van der Waals surface area contributed by atoms with Crippen LogP contribution in [0.5, 0.6) is 5.75 Å². The molecule has 1 aliphatic rings. The van der Waals surface area contributed by atoms with Gasteiger partial charge in [0.25, 0.3) is 0 Å². The molecule has 8 heteroatoms. The zero-order valence-electron chi connectivity index (χ0n) is 18.2. The Balaban J connectivity index is 0.00000240. The highest BCUT2D eigenvalue weighted by atomic mass is 35.5. The van der Waals surface area contributed by atoms with Crippen LogP contribution >= 0.6 is 24.8 Å². The van der Waals surface area contributed by atoms with E-state index in [-0.39, 0.29) is 36.9 Å². The molecule has 2 aromatic carbocycles. The second-order valence-electron chi connectivity index (χ2n) is 7.66. The molecule has 1 fully saturated rings. The van der Waals surface area contributed by atoms with Crippen molar-refractivity contribution in [2.45, 2.75) is 25.6 Å². The lowest BCUT2D eigenvalue weighted by molar-refractivity contribution is 0.0827. The minimum Gasteiger partial charge on any atom is -0.494 e. The number of carbonyl (C=O) groups excluding carboxylic acids is 1. The first-order chi connectivity index (χ1) is 14.1. The second kappa shape index (κ2) is 14.1. The van der Waals surface area contributed by atoms with Gasteiger partial charge in [0.1, 0.15) is 12.4 Å². The predicted octanol–water partition coefficient (Wildman–Crippen LogP) is 3.97. The highest BCUT2D eigenvalue weighted by Crippen LogP contribution is 2.14. The molecule has 0 radical (unpaired) electrons. The van der Waals surface area contributed by atoms with Crippen molar-refractivity contribution in [1.29, 1.82) is 0 Å². The summed E-state index contributed by atoms with van der Waals surface area (Å²) < 4.78 is 11.3. The summed E-state index contributed by atoms with van der Waals surface area (Å²) in [5.41, 5.74) is 2.26. The molecule has 0 spiro atoms. The minimum absolute atomic E-state index is 0. The van der Waals surface area contributed by atoms with Gasteiger partial charge in [-0.1, -0.05) is 42.5 Å². The molecule has 1 atom stereocenters. The quantitative estimate of drug-likeness (QED) is 0.633. The fourth-order valence-electron chi connectivity index (χ4n) is 3.37. The molecule has 0 aromatic heterocycles. The van der Waals surface area contributed by atoms with Gasteiger partial charge in [-0.2, -0.15) is 0 Å². The van der Waals surface area contributed by atoms with Crippen molar-refractivity contribution in [2.24, 2.45) is 0 Å². The molecule has 1 heterocycles. The highest BCUT2D eigenvalue weighted by molar-refractivity contribution is 5.85. The zero-order chi connectivity index (χ0) is 20.5. The average molecular weight is 470 g/mol. The first-order valence-electron chi connectivity index (χ1n) is 10.2. The monoisotopic (exact) mass is 469 g/mol. The number of benzene rings is 2. The first-order valence-corrected chi connectivity index (χ1v) is 10.2. The van der Waals surface area contributed by atoms with Gasteiger partial charge < -0.3 is 24.6 Å². The number of hydrogen-bond donors (Lipinski definition) is 1. The van der Waals surface area contributed by atoms with Crippen LogP contribution < -0.4 is 10.1 Å². The van der Waals surface area contributed by atoms with Crippen molar-refractivity contribution in [3.8, 4) is 5.75 Å². The molecule has 1 N–H and O–H groups in total. The topological polar surface area (TPSA) is 54.0 Å². The Labute approximate surface area is 197 Å². The molecular weight excluding hydrogens is 437 g/mol. The van der Waals surface area contributed by atoms with Crippen LogP contribution in [0, 0.1) is 0 Å². The largest absolute Gasteiger partial charge is 0.494 e. The number of carbonyl (C=O) groups is 1. The summed E-state index contributed by atoms with van der Waals surface area (Å²) in [5, 5.41) is 3.46. The lowest BCUT2D eigenvalue weighted by Crippen LogP contribution is -2.53. The third kappa shape index (κ3) is 9.35. The number of nitrogens with zero attached hydrogens (tertiary/aromatic N) is 2. The molecule has 1 saturated heterocycles. The summed E-state index contributed by atoms with van der Waals surface area (Å²) >= 11 is 0. The summed E-state index contributed by atoms with van der Waals surface area (Å²) in [4.78, 5) is 16.3. The van der Waals surface area contributed by atoms with Gasteiger partial charge in [-0.25, -0.2) is 4.79 Å². The van der Waals surface area contributed by atoms with Gasteiger partial charge in [0.05, 0.1) is 6.61 Å². The Hall–Kier alpha value is -1.99. The standard InChI is InChI=1S/C23H31N3O3.2ClH/c1-25(2)16-19-8-10-22(11-9-19)28-15-12-21-17-26(14-13-24-21)23(27)29-18-20-6-4-3-5-7-20;;/h3-11,21,24H,12-18H2,1-2H3;2*1H/t21-;;/m1../s1. The Bertz CT molecular complexity index is 760. The second-order valence-corrected chi connectivity index (χ2v) is 7.66. The van der Waals surface area contributed by atoms with E-state index in [1.807, 2.05) is 42.5 Å². The third-order valence-electron chi connectivity index (χ3n) is 4.88. The third-order valence-corrected chi connectivity index (χ3v) is 4.88. The van der Waals surface area contributed by atoms with E-state index in [1.54, 1.807) is 4.90 Å². The fourth-order valence-corrected chi connectivity index (χ4v) is 3.37. The van der Waals surface area contributed by atoms with Crippen LogP contribution in [-0.2, 0) is 17.9 Å². The van der Waals surface area contributed by atoms with Gasteiger partial charge in [-0.3, -0.25) is 0 Å². The van der Waals surface area contributed by atoms with Crippen LogP contribution in [0.15, 0.2) is 54.6 Å². The summed E-state index contributed by atoms with van der Waals surface area (Å²) in [6.45, 7) is 3.91. The van der Waals surface area contributed by atoms with Crippen LogP contribution in [0.3, 0.4) is 0 Å². The SMILES string of the molecule is CN(C)Cc1ccc(OCC[C@@H]2CN(C(=O)OCc3ccccc3)CCN2)cc1.Cl.Cl. The van der Waals surface area contributed by atoms with Crippen molar-refractivity contribution in [3.63, 3.8) is 0 Å². The Morgan fingerprint density at radius 2 is 1.77 bits per heavy atom. The van der Waals surface area contributed by atoms with Gasteiger partial charge in [-0.15, -0.1) is 24.8 Å². The van der Waals surface area contributed by atoms with Crippen LogP contribution in [0.2, 0.25) is 0 Å². The van der Waals surface area contributed by atoms with Crippen LogP contribution in [0.25, 0.3) is 0 Å². The maximum atomic E-state index is 12.4. The maximum Gasteiger partial charge on any atom is 0.410 e. The first kappa shape index (κ1) is 27.0. The van der Waals surface area contributed by atoms with E-state index in [4.69, 9.17) is 9.47 Å². The summed E-state index contributed by atoms with van der Waals surface area (Å²) in [7, 11) is 4.12. The van der Waals surface area contributed by atoms with E-state index in [0.717, 1.165) is 30.8 Å². The van der Waals surface area contributed by atoms with Crippen LogP contribution in [-0.4, -0.2) is 62.3 Å². The predicted molar refractivity (Wildman–Crippen MR) is 128 cm³/mol. The van der Waals surface area contributed by atoms with Crippen molar-refractivity contribution in [2.75, 3.05) is 40.3 Å². The number of ether oxygens (including phenoxy) is 2. The molecule has 3 rings (SSSR count). The zero-order valence-corrected chi connectivity index (χ0v) is 19.8. The molecule has 0 saturated carbocycles. The van der Waals surface area contributed by atoms with Crippen LogP contribution in [0.4, 0.5) is 4.79 Å². The van der Waals surface area contributed by atoms with Crippen molar-refractivity contribution < 1.29 is 14.3 Å². The van der Waals surface area contributed by atoms with E-state index in [0.29, 0.717) is 26.3 Å². The number of piperazine rings is 1. The van der Waals surface area contributed by atoms with Gasteiger partial charge in [0.2, 0.25) is 0 Å². The number of hydrogen-bond acceptors (Lipinski definition) is 5. The number of halogens is 2. The molecule has 0 aliphatic carbocycles. The van der Waals surface area contributed by atoms with Crippen LogP contribution in [0.1, 0.15) is 17.5 Å². The van der Waals surface area contributed by atoms with Crippen molar-refractivity contribution in [1.82, 2.24) is 15.1 Å². The Kier molecular flexibility index (Phi) is 12.3. The van der Waals surface area contributed by atoms with Gasteiger partial charge in [0, 0.05) is 32.2 Å². The van der Waals surface area contributed by atoms with E-state index in [1.165, 1.54) is 5.56 Å². The fraction of sp³-hybridized carbons (Fsp3) is 0.435. The summed E-state index contributed by atoms with van der Waals surface area (Å²) in [6, 6.07) is 18.2. The van der Waals surface area contributed by atoms with Gasteiger partial charge in [0.15, 0.2) is 0 Å². The molecule has 6 nitrogen and oxygen atoms in total. The van der Waals surface area contributed by atoms with Gasteiger partial charge in [-0.05, 0) is 43.8 Å². The van der Waals surface area contributed by atoms with Gasteiger partial charge >= 0.3 is 6.09 Å². The minimum atomic E-state index is -0.252. The summed E-state index contributed by atoms with van der Waals surface area (Å²) in [6.07, 6.45) is 0.583. The molecule has 1 aliphatic heterocycles. The average Bonchev–Trinajstić information content (AvgIpc) is 2.74. The molecule has 0 unspecified atom stereocenters. The molecule has 31 heavy (non-hydrogen) atoms. The highest BCUT2D eigenvalue weighted by Gasteiger charge is 2.24. The normalized spacial score (nSPS) is 15.6. The lowest BCUT2D eigenvalue weighted by Gasteiger charge is -2.33. The maximum absolute atomic E-state index is 12.4. The Morgan fingerprint density at radius 3 is 2.45 bits per heavy atom. The molecule has 2 aromatic rings. The molecule has 172 valence electrons. The molecule has 0 bridgehead atoms. The number of rotatable bonds is 8. The summed E-state index contributed by atoms with van der Waals surface area (Å²) in [5.74, 6) is 0.877. The van der Waals surface area contributed by atoms with E-state index in [9.17, 15) is 4.79 Å². The van der Waals surface area contributed by atoms with Crippen molar-refractivity contribution in [3.05, 3.63) is 65.7 Å². The smallest absolute Gasteiger partial charge is 0.410 e. The van der Waals surface area contributed by atoms with E-state index >= 15 is 0 Å². The van der Waals surface area contributed by atoms with Crippen molar-refractivity contribution >= 4 is 30.9 Å². The number of nitrogens with one attached hydrogen (secondary N) is 1.